The molecule has 0 aliphatic carbocycles. The Kier molecular flexibility index (Phi) is 6.69. The Morgan fingerprint density at radius 3 is 2.63 bits per heavy atom. The first-order valence-corrected chi connectivity index (χ1v) is 9.79. The lowest BCUT2D eigenvalue weighted by Crippen LogP contribution is -2.40. The first-order valence-electron chi connectivity index (χ1n) is 9.41. The van der Waals surface area contributed by atoms with E-state index >= 15 is 0 Å². The summed E-state index contributed by atoms with van der Waals surface area (Å²) < 4.78 is 5.29. The van der Waals surface area contributed by atoms with E-state index in [2.05, 4.69) is 48.4 Å². The van der Waals surface area contributed by atoms with Crippen LogP contribution in [0.25, 0.3) is 0 Å². The molecule has 0 spiro atoms. The van der Waals surface area contributed by atoms with Crippen LogP contribution < -0.4 is 5.32 Å². The summed E-state index contributed by atoms with van der Waals surface area (Å²) >= 11 is 6.42. The first-order chi connectivity index (χ1) is 13.1. The summed E-state index contributed by atoms with van der Waals surface area (Å²) in [6, 6.07) is 10.5. The number of hydrogen-bond donors (Lipinski definition) is 1. The average molecular weight is 388 g/mol. The summed E-state index contributed by atoms with van der Waals surface area (Å²) in [5, 5.41) is 3.89. The van der Waals surface area contributed by atoms with Gasteiger partial charge in [-0.2, -0.15) is 0 Å². The number of halogens is 1. The summed E-state index contributed by atoms with van der Waals surface area (Å²) in [6.07, 6.45) is 3.44. The van der Waals surface area contributed by atoms with Crippen molar-refractivity contribution in [3.63, 3.8) is 0 Å². The van der Waals surface area contributed by atoms with E-state index in [0.29, 0.717) is 42.7 Å². The Bertz CT molecular complexity index is 773. The Labute approximate surface area is 165 Å². The molecule has 1 aliphatic rings. The van der Waals surface area contributed by atoms with Crippen LogP contribution in [-0.4, -0.2) is 48.1 Å². The smallest absolute Gasteiger partial charge is 0.255 e. The molecule has 0 bridgehead atoms. The molecule has 27 heavy (non-hydrogen) atoms. The lowest BCUT2D eigenvalue weighted by atomic mass is 10.0. The molecule has 0 saturated carbocycles. The van der Waals surface area contributed by atoms with Gasteiger partial charge in [-0.1, -0.05) is 48.4 Å². The maximum absolute atomic E-state index is 12.6. The molecule has 2 heterocycles. The molecule has 1 saturated heterocycles. The summed E-state index contributed by atoms with van der Waals surface area (Å²) in [5.74, 6) is 0.570. The fraction of sp³-hybridized carbons (Fsp3) is 0.429. The quantitative estimate of drug-likeness (QED) is 0.815. The van der Waals surface area contributed by atoms with Gasteiger partial charge in [0.05, 0.1) is 23.8 Å². The molecule has 2 aromatic rings. The Balaban J connectivity index is 1.67. The predicted octanol–water partition coefficient (Wildman–Crippen LogP) is 3.95. The Hall–Kier alpha value is -2.11. The Morgan fingerprint density at radius 2 is 2.00 bits per heavy atom. The van der Waals surface area contributed by atoms with Gasteiger partial charge in [0.1, 0.15) is 5.82 Å². The summed E-state index contributed by atoms with van der Waals surface area (Å²) in [4.78, 5) is 18.8. The van der Waals surface area contributed by atoms with Crippen molar-refractivity contribution in [2.24, 2.45) is 0 Å². The highest BCUT2D eigenvalue weighted by molar-refractivity contribution is 6.33. The summed E-state index contributed by atoms with van der Waals surface area (Å²) in [7, 11) is 0. The summed E-state index contributed by atoms with van der Waals surface area (Å²) in [6.45, 7) is 6.57. The van der Waals surface area contributed by atoms with E-state index in [0.717, 1.165) is 12.8 Å². The van der Waals surface area contributed by atoms with E-state index < -0.39 is 0 Å². The van der Waals surface area contributed by atoms with E-state index in [1.165, 1.54) is 11.1 Å². The van der Waals surface area contributed by atoms with Crippen molar-refractivity contribution in [1.82, 2.24) is 9.88 Å². The zero-order valence-electron chi connectivity index (χ0n) is 15.9. The van der Waals surface area contributed by atoms with E-state index in [1.807, 2.05) is 0 Å². The molecule has 1 aromatic heterocycles. The van der Waals surface area contributed by atoms with Gasteiger partial charge in [0, 0.05) is 25.3 Å². The molecule has 144 valence electrons. The van der Waals surface area contributed by atoms with Gasteiger partial charge in [-0.25, -0.2) is 4.98 Å². The number of ether oxygens (including phenoxy) is 1. The number of hydrogen-bond acceptors (Lipinski definition) is 4. The molecule has 1 amide bonds. The van der Waals surface area contributed by atoms with E-state index in [1.54, 1.807) is 17.2 Å². The number of benzene rings is 1. The molecule has 5 nitrogen and oxygen atoms in total. The van der Waals surface area contributed by atoms with Gasteiger partial charge in [-0.05, 0) is 31.4 Å². The number of carbonyl (C=O) groups excluding carboxylic acids is 1. The maximum atomic E-state index is 12.6. The SMILES string of the molecule is CCC(Cc1ccc(C)cc1)Nc1ncc(C(=O)N2CCOCC2)cc1Cl. The highest BCUT2D eigenvalue weighted by Gasteiger charge is 2.20. The van der Waals surface area contributed by atoms with Crippen LogP contribution in [0, 0.1) is 6.92 Å². The fourth-order valence-corrected chi connectivity index (χ4v) is 3.33. The highest BCUT2D eigenvalue weighted by atomic mass is 35.5. The van der Waals surface area contributed by atoms with Gasteiger partial charge in [-0.3, -0.25) is 4.79 Å². The monoisotopic (exact) mass is 387 g/mol. The van der Waals surface area contributed by atoms with Crippen molar-refractivity contribution in [3.8, 4) is 0 Å². The third kappa shape index (κ3) is 5.21. The van der Waals surface area contributed by atoms with Crippen LogP contribution in [0.5, 0.6) is 0 Å². The number of aryl methyl sites for hydroxylation is 1. The molecular formula is C21H26ClN3O2. The van der Waals surface area contributed by atoms with Crippen LogP contribution in [0.1, 0.15) is 34.8 Å². The highest BCUT2D eigenvalue weighted by Crippen LogP contribution is 2.23. The van der Waals surface area contributed by atoms with Crippen LogP contribution in [0.2, 0.25) is 5.02 Å². The van der Waals surface area contributed by atoms with Crippen molar-refractivity contribution in [2.45, 2.75) is 32.7 Å². The van der Waals surface area contributed by atoms with Crippen molar-refractivity contribution < 1.29 is 9.53 Å². The minimum atomic E-state index is -0.0500. The normalized spacial score (nSPS) is 15.4. The van der Waals surface area contributed by atoms with Gasteiger partial charge in [0.15, 0.2) is 0 Å². The van der Waals surface area contributed by atoms with Gasteiger partial charge in [-0.15, -0.1) is 0 Å². The van der Waals surface area contributed by atoms with E-state index in [9.17, 15) is 4.79 Å². The first kappa shape index (κ1) is 19.6. The van der Waals surface area contributed by atoms with Gasteiger partial charge in [0.25, 0.3) is 5.91 Å². The molecule has 0 radical (unpaired) electrons. The zero-order valence-corrected chi connectivity index (χ0v) is 16.6. The molecule has 3 rings (SSSR count). The number of nitrogens with one attached hydrogen (secondary N) is 1. The molecule has 1 fully saturated rings. The summed E-state index contributed by atoms with van der Waals surface area (Å²) in [5.41, 5.74) is 3.04. The number of carbonyl (C=O) groups is 1. The number of morpholine rings is 1. The standard InChI is InChI=1S/C21H26ClN3O2/c1-3-18(12-16-6-4-15(2)5-7-16)24-20-19(22)13-17(14-23-20)21(26)25-8-10-27-11-9-25/h4-7,13-14,18H,3,8-12H2,1-2H3,(H,23,24). The number of amides is 1. The zero-order chi connectivity index (χ0) is 19.2. The second kappa shape index (κ2) is 9.20. The molecule has 1 atom stereocenters. The lowest BCUT2D eigenvalue weighted by Gasteiger charge is -2.27. The average Bonchev–Trinajstić information content (AvgIpc) is 2.70. The van der Waals surface area contributed by atoms with Crippen molar-refractivity contribution in [2.75, 3.05) is 31.6 Å². The van der Waals surface area contributed by atoms with Gasteiger partial charge in [0.2, 0.25) is 0 Å². The molecule has 1 N–H and O–H groups in total. The minimum Gasteiger partial charge on any atom is -0.378 e. The van der Waals surface area contributed by atoms with Crippen molar-refractivity contribution in [1.29, 1.82) is 0 Å². The maximum Gasteiger partial charge on any atom is 0.255 e. The van der Waals surface area contributed by atoms with Crippen LogP contribution in [0.3, 0.4) is 0 Å². The van der Waals surface area contributed by atoms with Crippen LogP contribution in [-0.2, 0) is 11.2 Å². The second-order valence-corrected chi connectivity index (χ2v) is 7.31. The number of rotatable bonds is 6. The number of anilines is 1. The molecule has 1 unspecified atom stereocenters. The second-order valence-electron chi connectivity index (χ2n) is 6.90. The molecule has 1 aromatic carbocycles. The topological polar surface area (TPSA) is 54.5 Å². The molecular weight excluding hydrogens is 362 g/mol. The van der Waals surface area contributed by atoms with Crippen molar-refractivity contribution >= 4 is 23.3 Å². The van der Waals surface area contributed by atoms with Crippen LogP contribution in [0.4, 0.5) is 5.82 Å². The third-order valence-corrected chi connectivity index (χ3v) is 5.11. The lowest BCUT2D eigenvalue weighted by molar-refractivity contribution is 0.0302. The molecule has 1 aliphatic heterocycles. The van der Waals surface area contributed by atoms with Gasteiger partial charge >= 0.3 is 0 Å². The Morgan fingerprint density at radius 1 is 1.30 bits per heavy atom. The minimum absolute atomic E-state index is 0.0500. The van der Waals surface area contributed by atoms with E-state index in [4.69, 9.17) is 16.3 Å². The largest absolute Gasteiger partial charge is 0.378 e. The fourth-order valence-electron chi connectivity index (χ4n) is 3.11. The number of pyridine rings is 1. The van der Waals surface area contributed by atoms with Crippen LogP contribution >= 0.6 is 11.6 Å². The predicted molar refractivity (Wildman–Crippen MR) is 109 cm³/mol. The third-order valence-electron chi connectivity index (χ3n) is 4.82. The van der Waals surface area contributed by atoms with E-state index in [-0.39, 0.29) is 11.9 Å². The molecule has 6 heteroatoms. The van der Waals surface area contributed by atoms with Crippen LogP contribution in [0.15, 0.2) is 36.5 Å². The number of nitrogens with zero attached hydrogens (tertiary/aromatic N) is 2. The van der Waals surface area contributed by atoms with Crippen molar-refractivity contribution in [3.05, 3.63) is 58.2 Å². The van der Waals surface area contributed by atoms with Gasteiger partial charge < -0.3 is 15.0 Å². The number of aromatic nitrogens is 1.